The summed E-state index contributed by atoms with van der Waals surface area (Å²) in [6, 6.07) is 11.5. The topological polar surface area (TPSA) is 3.24 Å². The molecule has 0 aliphatic rings. The normalized spacial score (nSPS) is 12.2. The minimum Gasteiger partial charge on any atom is -0.302 e. The molecule has 0 aliphatic carbocycles. The van der Waals surface area contributed by atoms with Crippen LogP contribution in [0, 0.1) is 0 Å². The van der Waals surface area contributed by atoms with Gasteiger partial charge in [-0.05, 0) is 26.1 Å². The Morgan fingerprint density at radius 1 is 0.680 bits per heavy atom. The van der Waals surface area contributed by atoms with Crippen molar-refractivity contribution in [1.29, 1.82) is 0 Å². The summed E-state index contributed by atoms with van der Waals surface area (Å²) in [5.41, 5.74) is 1.46. The van der Waals surface area contributed by atoms with Crippen LogP contribution in [0.15, 0.2) is 30.3 Å². The molecule has 146 valence electrons. The molecule has 0 heterocycles. The number of halogens is 1. The summed E-state index contributed by atoms with van der Waals surface area (Å²) in [4.78, 5) is 2.37. The second-order valence-electron chi connectivity index (χ2n) is 7.57. The van der Waals surface area contributed by atoms with Crippen LogP contribution in [0.3, 0.4) is 0 Å². The summed E-state index contributed by atoms with van der Waals surface area (Å²) in [5, 5.41) is 0. The second kappa shape index (κ2) is 17.1. The van der Waals surface area contributed by atoms with Crippen LogP contribution in [0.2, 0.25) is 0 Å². The van der Waals surface area contributed by atoms with Gasteiger partial charge in [0.15, 0.2) is 0 Å². The van der Waals surface area contributed by atoms with Gasteiger partial charge in [0.25, 0.3) is 0 Å². The van der Waals surface area contributed by atoms with E-state index < -0.39 is 0 Å². The Labute approximate surface area is 168 Å². The molecular formula is C23H42BrN. The highest BCUT2D eigenvalue weighted by Gasteiger charge is 2.12. The molecule has 0 saturated heterocycles. The first kappa shape index (κ1) is 24.7. The SMILES string of the molecule is Br.CCCCCCCCCCCCCCC(c1ccccc1)N(C)C. The summed E-state index contributed by atoms with van der Waals surface area (Å²) in [5.74, 6) is 0. The molecule has 1 nitrogen and oxygen atoms in total. The largest absolute Gasteiger partial charge is 0.302 e. The first-order valence-corrected chi connectivity index (χ1v) is 10.5. The summed E-state index contributed by atoms with van der Waals surface area (Å²) in [6.07, 6.45) is 18.4. The molecule has 1 unspecified atom stereocenters. The van der Waals surface area contributed by atoms with E-state index in [1.54, 1.807) is 0 Å². The highest BCUT2D eigenvalue weighted by atomic mass is 79.9. The van der Waals surface area contributed by atoms with E-state index in [1.807, 2.05) is 0 Å². The van der Waals surface area contributed by atoms with Crippen molar-refractivity contribution >= 4 is 17.0 Å². The van der Waals surface area contributed by atoms with Gasteiger partial charge in [-0.25, -0.2) is 0 Å². The van der Waals surface area contributed by atoms with Gasteiger partial charge in [-0.15, -0.1) is 17.0 Å². The monoisotopic (exact) mass is 411 g/mol. The van der Waals surface area contributed by atoms with Gasteiger partial charge in [-0.1, -0.05) is 114 Å². The molecule has 0 fully saturated rings. The number of unbranched alkanes of at least 4 members (excludes halogenated alkanes) is 11. The molecule has 0 spiro atoms. The number of hydrogen-bond donors (Lipinski definition) is 0. The van der Waals surface area contributed by atoms with Gasteiger partial charge in [0.1, 0.15) is 0 Å². The summed E-state index contributed by atoms with van der Waals surface area (Å²) < 4.78 is 0. The van der Waals surface area contributed by atoms with Gasteiger partial charge in [-0.3, -0.25) is 0 Å². The fourth-order valence-corrected chi connectivity index (χ4v) is 3.58. The van der Waals surface area contributed by atoms with E-state index in [4.69, 9.17) is 0 Å². The van der Waals surface area contributed by atoms with E-state index in [-0.39, 0.29) is 17.0 Å². The lowest BCUT2D eigenvalue weighted by atomic mass is 9.98. The van der Waals surface area contributed by atoms with Crippen molar-refractivity contribution in [3.05, 3.63) is 35.9 Å². The standard InChI is InChI=1S/C23H41N.BrH/c1-4-5-6-7-8-9-10-11-12-13-14-18-21-23(24(2)3)22-19-16-15-17-20-22;/h15-17,19-20,23H,4-14,18,21H2,1-3H3;1H. The molecule has 0 amide bonds. The lowest BCUT2D eigenvalue weighted by molar-refractivity contribution is 0.276. The molecule has 1 atom stereocenters. The zero-order chi connectivity index (χ0) is 17.5. The average molecular weight is 413 g/mol. The van der Waals surface area contributed by atoms with Gasteiger partial charge in [-0.2, -0.15) is 0 Å². The Balaban J connectivity index is 0.00000576. The highest BCUT2D eigenvalue weighted by molar-refractivity contribution is 8.93. The maximum atomic E-state index is 2.37. The van der Waals surface area contributed by atoms with Crippen molar-refractivity contribution in [2.75, 3.05) is 14.1 Å². The predicted molar refractivity (Wildman–Crippen MR) is 119 cm³/mol. The second-order valence-corrected chi connectivity index (χ2v) is 7.57. The van der Waals surface area contributed by atoms with Crippen molar-refractivity contribution in [1.82, 2.24) is 4.90 Å². The van der Waals surface area contributed by atoms with Crippen LogP contribution in [0.25, 0.3) is 0 Å². The zero-order valence-electron chi connectivity index (χ0n) is 17.0. The average Bonchev–Trinajstić information content (AvgIpc) is 2.59. The van der Waals surface area contributed by atoms with Gasteiger partial charge in [0.2, 0.25) is 0 Å². The van der Waals surface area contributed by atoms with Crippen LogP contribution in [-0.2, 0) is 0 Å². The number of hydrogen-bond acceptors (Lipinski definition) is 1. The number of rotatable bonds is 15. The fraction of sp³-hybridized carbons (Fsp3) is 0.739. The summed E-state index contributed by atoms with van der Waals surface area (Å²) in [6.45, 7) is 2.29. The maximum Gasteiger partial charge on any atom is 0.0342 e. The van der Waals surface area contributed by atoms with Crippen molar-refractivity contribution in [2.24, 2.45) is 0 Å². The zero-order valence-corrected chi connectivity index (χ0v) is 18.7. The summed E-state index contributed by atoms with van der Waals surface area (Å²) >= 11 is 0. The van der Waals surface area contributed by atoms with Crippen molar-refractivity contribution < 1.29 is 0 Å². The lowest BCUT2D eigenvalue weighted by Crippen LogP contribution is -2.19. The molecule has 0 radical (unpaired) electrons. The highest BCUT2D eigenvalue weighted by Crippen LogP contribution is 2.24. The fourth-order valence-electron chi connectivity index (χ4n) is 3.58. The molecule has 2 heteroatoms. The molecular weight excluding hydrogens is 370 g/mol. The van der Waals surface area contributed by atoms with E-state index in [2.05, 4.69) is 56.3 Å². The quantitative estimate of drug-likeness (QED) is 0.264. The van der Waals surface area contributed by atoms with Crippen LogP contribution in [0.5, 0.6) is 0 Å². The first-order valence-electron chi connectivity index (χ1n) is 10.5. The molecule has 0 aliphatic heterocycles. The third kappa shape index (κ3) is 12.6. The Morgan fingerprint density at radius 3 is 1.56 bits per heavy atom. The predicted octanol–water partition coefficient (Wildman–Crippen LogP) is 7.96. The lowest BCUT2D eigenvalue weighted by Gasteiger charge is -2.24. The molecule has 0 saturated carbocycles. The van der Waals surface area contributed by atoms with E-state index in [1.165, 1.54) is 89.0 Å². The minimum absolute atomic E-state index is 0. The third-order valence-corrected chi connectivity index (χ3v) is 5.14. The Morgan fingerprint density at radius 2 is 1.12 bits per heavy atom. The van der Waals surface area contributed by atoms with E-state index >= 15 is 0 Å². The van der Waals surface area contributed by atoms with E-state index in [0.717, 1.165) is 0 Å². The molecule has 1 aromatic rings. The molecule has 0 N–H and O–H groups in total. The van der Waals surface area contributed by atoms with Gasteiger partial charge in [0, 0.05) is 6.04 Å². The van der Waals surface area contributed by atoms with Gasteiger partial charge >= 0.3 is 0 Å². The van der Waals surface area contributed by atoms with Crippen LogP contribution in [-0.4, -0.2) is 19.0 Å². The maximum absolute atomic E-state index is 2.37. The van der Waals surface area contributed by atoms with Crippen LogP contribution in [0.4, 0.5) is 0 Å². The Hall–Kier alpha value is -0.340. The van der Waals surface area contributed by atoms with Gasteiger partial charge in [0.05, 0.1) is 0 Å². The number of benzene rings is 1. The first-order chi connectivity index (χ1) is 11.8. The van der Waals surface area contributed by atoms with Crippen LogP contribution < -0.4 is 0 Å². The Kier molecular flexibility index (Phi) is 16.9. The smallest absolute Gasteiger partial charge is 0.0342 e. The van der Waals surface area contributed by atoms with Crippen molar-refractivity contribution in [2.45, 2.75) is 96.4 Å². The molecule has 0 aromatic heterocycles. The molecule has 1 rings (SSSR count). The van der Waals surface area contributed by atoms with Crippen molar-refractivity contribution in [3.63, 3.8) is 0 Å². The van der Waals surface area contributed by atoms with E-state index in [0.29, 0.717) is 6.04 Å². The van der Waals surface area contributed by atoms with Crippen LogP contribution in [0.1, 0.15) is 102 Å². The number of nitrogens with zero attached hydrogens (tertiary/aromatic N) is 1. The van der Waals surface area contributed by atoms with Crippen LogP contribution >= 0.6 is 17.0 Å². The third-order valence-electron chi connectivity index (χ3n) is 5.14. The summed E-state index contributed by atoms with van der Waals surface area (Å²) in [7, 11) is 4.41. The van der Waals surface area contributed by atoms with Crippen molar-refractivity contribution in [3.8, 4) is 0 Å². The molecule has 25 heavy (non-hydrogen) atoms. The molecule has 0 bridgehead atoms. The molecule has 1 aromatic carbocycles. The Bertz CT molecular complexity index is 377. The minimum atomic E-state index is 0. The van der Waals surface area contributed by atoms with Gasteiger partial charge < -0.3 is 4.90 Å². The van der Waals surface area contributed by atoms with E-state index in [9.17, 15) is 0 Å².